The Kier molecular flexibility index (Phi) is 9.16. The Balaban J connectivity index is 4.48. The SMILES string of the molecule is CCOC(=O)C(N)C(=O)NCC(C(CC)CC)N(C)C. The van der Waals surface area contributed by atoms with Gasteiger partial charge in [-0.2, -0.15) is 0 Å². The van der Waals surface area contributed by atoms with Gasteiger partial charge in [-0.05, 0) is 26.9 Å². The predicted molar refractivity (Wildman–Crippen MR) is 79.2 cm³/mol. The number of carbonyl (C=O) groups is 2. The van der Waals surface area contributed by atoms with Gasteiger partial charge in [-0.25, -0.2) is 4.79 Å². The first-order chi connectivity index (χ1) is 9.38. The molecule has 6 nitrogen and oxygen atoms in total. The summed E-state index contributed by atoms with van der Waals surface area (Å²) in [4.78, 5) is 25.3. The number of likely N-dealkylation sites (N-methyl/N-ethyl adjacent to an activating group) is 1. The molecule has 6 heteroatoms. The summed E-state index contributed by atoms with van der Waals surface area (Å²) in [5.74, 6) is -0.681. The molecule has 0 aromatic rings. The molecule has 2 unspecified atom stereocenters. The summed E-state index contributed by atoms with van der Waals surface area (Å²) < 4.78 is 4.73. The van der Waals surface area contributed by atoms with Gasteiger partial charge in [-0.1, -0.05) is 26.7 Å². The highest BCUT2D eigenvalue weighted by atomic mass is 16.5. The van der Waals surface area contributed by atoms with Crippen LogP contribution in [0.2, 0.25) is 0 Å². The summed E-state index contributed by atoms with van der Waals surface area (Å²) in [6.07, 6.45) is 2.08. The summed E-state index contributed by atoms with van der Waals surface area (Å²) in [6.45, 7) is 6.64. The maximum Gasteiger partial charge on any atom is 0.332 e. The van der Waals surface area contributed by atoms with Gasteiger partial charge >= 0.3 is 5.97 Å². The van der Waals surface area contributed by atoms with Crippen molar-refractivity contribution in [2.24, 2.45) is 11.7 Å². The molecule has 0 fully saturated rings. The van der Waals surface area contributed by atoms with Gasteiger partial charge in [0.25, 0.3) is 0 Å². The van der Waals surface area contributed by atoms with E-state index in [0.717, 1.165) is 12.8 Å². The largest absolute Gasteiger partial charge is 0.464 e. The van der Waals surface area contributed by atoms with Crippen LogP contribution in [0.4, 0.5) is 0 Å². The molecule has 118 valence electrons. The maximum atomic E-state index is 11.8. The van der Waals surface area contributed by atoms with Crippen LogP contribution in [0.5, 0.6) is 0 Å². The average molecular weight is 287 g/mol. The van der Waals surface area contributed by atoms with Crippen molar-refractivity contribution in [3.63, 3.8) is 0 Å². The summed E-state index contributed by atoms with van der Waals surface area (Å²) >= 11 is 0. The van der Waals surface area contributed by atoms with E-state index in [4.69, 9.17) is 10.5 Å². The number of nitrogens with two attached hydrogens (primary N) is 1. The molecule has 0 bridgehead atoms. The number of nitrogens with zero attached hydrogens (tertiary/aromatic N) is 1. The van der Waals surface area contributed by atoms with Gasteiger partial charge in [0.2, 0.25) is 5.91 Å². The zero-order valence-electron chi connectivity index (χ0n) is 13.3. The van der Waals surface area contributed by atoms with Crippen molar-refractivity contribution in [1.29, 1.82) is 0 Å². The second kappa shape index (κ2) is 9.72. The molecular formula is C14H29N3O3. The topological polar surface area (TPSA) is 84.7 Å². The van der Waals surface area contributed by atoms with Crippen LogP contribution in [0.25, 0.3) is 0 Å². The zero-order valence-corrected chi connectivity index (χ0v) is 13.3. The second-order valence-corrected chi connectivity index (χ2v) is 5.08. The van der Waals surface area contributed by atoms with Crippen molar-refractivity contribution in [2.45, 2.75) is 45.7 Å². The molecule has 0 saturated heterocycles. The van der Waals surface area contributed by atoms with Gasteiger partial charge in [0.05, 0.1) is 6.61 Å². The fourth-order valence-electron chi connectivity index (χ4n) is 2.26. The van der Waals surface area contributed by atoms with Gasteiger partial charge < -0.3 is 20.7 Å². The Hall–Kier alpha value is -1.14. The molecule has 0 aromatic heterocycles. The van der Waals surface area contributed by atoms with E-state index in [0.29, 0.717) is 12.5 Å². The average Bonchev–Trinajstić information content (AvgIpc) is 2.42. The number of hydrogen-bond donors (Lipinski definition) is 2. The maximum absolute atomic E-state index is 11.8. The van der Waals surface area contributed by atoms with E-state index in [1.165, 1.54) is 0 Å². The van der Waals surface area contributed by atoms with E-state index in [1.54, 1.807) is 6.92 Å². The van der Waals surface area contributed by atoms with Gasteiger partial charge in [0.1, 0.15) is 0 Å². The van der Waals surface area contributed by atoms with Gasteiger partial charge in [0, 0.05) is 12.6 Å². The van der Waals surface area contributed by atoms with Gasteiger partial charge in [-0.3, -0.25) is 4.79 Å². The van der Waals surface area contributed by atoms with E-state index in [2.05, 4.69) is 24.1 Å². The number of ether oxygens (including phenoxy) is 1. The van der Waals surface area contributed by atoms with Crippen LogP contribution < -0.4 is 11.1 Å². The van der Waals surface area contributed by atoms with Gasteiger partial charge in [-0.15, -0.1) is 0 Å². The van der Waals surface area contributed by atoms with E-state index in [-0.39, 0.29) is 12.6 Å². The van der Waals surface area contributed by atoms with E-state index in [9.17, 15) is 9.59 Å². The number of amides is 1. The summed E-state index contributed by atoms with van der Waals surface area (Å²) in [5, 5.41) is 2.75. The van der Waals surface area contributed by atoms with Crippen LogP contribution in [-0.2, 0) is 14.3 Å². The van der Waals surface area contributed by atoms with Crippen molar-refractivity contribution in [1.82, 2.24) is 10.2 Å². The van der Waals surface area contributed by atoms with Crippen molar-refractivity contribution in [3.8, 4) is 0 Å². The monoisotopic (exact) mass is 287 g/mol. The molecule has 0 saturated carbocycles. The van der Waals surface area contributed by atoms with E-state index >= 15 is 0 Å². The number of nitrogens with one attached hydrogen (secondary N) is 1. The first kappa shape index (κ1) is 18.9. The quantitative estimate of drug-likeness (QED) is 0.472. The minimum Gasteiger partial charge on any atom is -0.464 e. The van der Waals surface area contributed by atoms with Crippen molar-refractivity contribution < 1.29 is 14.3 Å². The number of carbonyl (C=O) groups excluding carboxylic acids is 2. The molecule has 0 heterocycles. The summed E-state index contributed by atoms with van der Waals surface area (Å²) in [6, 6.07) is -1.03. The fourth-order valence-corrected chi connectivity index (χ4v) is 2.26. The third-order valence-electron chi connectivity index (χ3n) is 3.56. The highest BCUT2D eigenvalue weighted by molar-refractivity contribution is 6.01. The standard InChI is InChI=1S/C14H29N3O3/c1-6-10(7-2)11(17(4)5)9-16-13(18)12(15)14(19)20-8-3/h10-12H,6-9,15H2,1-5H3,(H,16,18). The molecular weight excluding hydrogens is 258 g/mol. The lowest BCUT2D eigenvalue weighted by Crippen LogP contribution is -2.51. The first-order valence-corrected chi connectivity index (χ1v) is 7.25. The molecule has 0 rings (SSSR count). The number of hydrogen-bond acceptors (Lipinski definition) is 5. The molecule has 0 spiro atoms. The molecule has 0 aliphatic rings. The lowest BCUT2D eigenvalue weighted by Gasteiger charge is -2.31. The lowest BCUT2D eigenvalue weighted by atomic mass is 9.93. The minimum absolute atomic E-state index is 0.216. The first-order valence-electron chi connectivity index (χ1n) is 7.25. The van der Waals surface area contributed by atoms with Gasteiger partial charge in [0.15, 0.2) is 6.04 Å². The lowest BCUT2D eigenvalue weighted by molar-refractivity contribution is -0.148. The molecule has 20 heavy (non-hydrogen) atoms. The van der Waals surface area contributed by atoms with Crippen molar-refractivity contribution in [2.75, 3.05) is 27.2 Å². The number of esters is 1. The van der Waals surface area contributed by atoms with Crippen LogP contribution in [0.3, 0.4) is 0 Å². The second-order valence-electron chi connectivity index (χ2n) is 5.08. The molecule has 3 N–H and O–H groups in total. The number of rotatable bonds is 9. The van der Waals surface area contributed by atoms with Crippen LogP contribution in [0, 0.1) is 5.92 Å². The third-order valence-corrected chi connectivity index (χ3v) is 3.56. The van der Waals surface area contributed by atoms with Crippen molar-refractivity contribution >= 4 is 11.9 Å². The Morgan fingerprint density at radius 1 is 1.20 bits per heavy atom. The Morgan fingerprint density at radius 2 is 1.75 bits per heavy atom. The Labute approximate surface area is 122 Å². The Bertz CT molecular complexity index is 304. The molecule has 2 atom stereocenters. The molecule has 0 aliphatic heterocycles. The molecule has 0 aromatic carbocycles. The van der Waals surface area contributed by atoms with Crippen LogP contribution in [0.15, 0.2) is 0 Å². The van der Waals surface area contributed by atoms with E-state index < -0.39 is 17.9 Å². The third kappa shape index (κ3) is 5.88. The molecule has 0 radical (unpaired) electrons. The zero-order chi connectivity index (χ0) is 15.7. The fraction of sp³-hybridized carbons (Fsp3) is 0.857. The summed E-state index contributed by atoms with van der Waals surface area (Å²) in [5.41, 5.74) is 5.55. The van der Waals surface area contributed by atoms with Crippen LogP contribution >= 0.6 is 0 Å². The molecule has 1 amide bonds. The summed E-state index contributed by atoms with van der Waals surface area (Å²) in [7, 11) is 3.97. The minimum atomic E-state index is -1.25. The Morgan fingerprint density at radius 3 is 2.15 bits per heavy atom. The normalized spacial score (nSPS) is 14.2. The molecule has 0 aliphatic carbocycles. The smallest absolute Gasteiger partial charge is 0.332 e. The predicted octanol–water partition coefficient (Wildman–Crippen LogP) is 0.359. The highest BCUT2D eigenvalue weighted by Gasteiger charge is 2.26. The van der Waals surface area contributed by atoms with Crippen LogP contribution in [-0.4, -0.2) is 56.1 Å². The highest BCUT2D eigenvalue weighted by Crippen LogP contribution is 2.16. The van der Waals surface area contributed by atoms with E-state index in [1.807, 2.05) is 14.1 Å². The van der Waals surface area contributed by atoms with Crippen LogP contribution in [0.1, 0.15) is 33.6 Å². The van der Waals surface area contributed by atoms with Crippen molar-refractivity contribution in [3.05, 3.63) is 0 Å².